The molecule has 1 heterocycles. The summed E-state index contributed by atoms with van der Waals surface area (Å²) in [5, 5.41) is 22.6. The van der Waals surface area contributed by atoms with E-state index in [2.05, 4.69) is 21.5 Å². The largest absolute Gasteiger partial charge is 0.504 e. The van der Waals surface area contributed by atoms with Gasteiger partial charge in [-0.1, -0.05) is 18.2 Å². The molecule has 2 aromatic carbocycles. The fourth-order valence-corrected chi connectivity index (χ4v) is 2.78. The minimum Gasteiger partial charge on any atom is -0.504 e. The number of carbonyl (C=O) groups excluding carboxylic acids is 1. The molecule has 2 aromatic rings. The molecule has 0 saturated carbocycles. The molecule has 0 aromatic heterocycles. The van der Waals surface area contributed by atoms with Crippen molar-refractivity contribution in [1.29, 1.82) is 0 Å². The van der Waals surface area contributed by atoms with Gasteiger partial charge < -0.3 is 15.1 Å². The minimum absolute atomic E-state index is 0.194. The first kappa shape index (κ1) is 15.9. The molecule has 0 bridgehead atoms. The summed E-state index contributed by atoms with van der Waals surface area (Å²) in [5.41, 5.74) is 5.43. The number of fused-ring (bicyclic) bond motifs is 1. The Kier molecular flexibility index (Phi) is 4.65. The van der Waals surface area contributed by atoms with E-state index in [9.17, 15) is 15.0 Å². The number of carbonyl (C=O) groups is 1. The highest BCUT2D eigenvalue weighted by molar-refractivity contribution is 5.85. The average Bonchev–Trinajstić information content (AvgIpc) is 2.58. The molecule has 1 amide bonds. The number of para-hydroxylation sites is 1. The number of hydrogen-bond acceptors (Lipinski definition) is 5. The van der Waals surface area contributed by atoms with Gasteiger partial charge in [0, 0.05) is 12.2 Å². The Hall–Kier alpha value is -3.02. The molecule has 6 nitrogen and oxygen atoms in total. The van der Waals surface area contributed by atoms with E-state index in [0.29, 0.717) is 5.56 Å². The van der Waals surface area contributed by atoms with Crippen molar-refractivity contribution in [1.82, 2.24) is 5.43 Å². The van der Waals surface area contributed by atoms with Gasteiger partial charge in [-0.05, 0) is 48.2 Å². The highest BCUT2D eigenvalue weighted by atomic mass is 16.3. The fraction of sp³-hybridized carbons (Fsp3) is 0.222. The molecule has 0 atom stereocenters. The summed E-state index contributed by atoms with van der Waals surface area (Å²) in [7, 11) is 0. The topological polar surface area (TPSA) is 85.2 Å². The van der Waals surface area contributed by atoms with Crippen LogP contribution in [0.15, 0.2) is 47.6 Å². The van der Waals surface area contributed by atoms with Crippen LogP contribution in [0.25, 0.3) is 0 Å². The number of rotatable bonds is 4. The summed E-state index contributed by atoms with van der Waals surface area (Å²) in [5.74, 6) is -0.624. The van der Waals surface area contributed by atoms with Gasteiger partial charge in [0.05, 0.1) is 12.8 Å². The molecule has 0 radical (unpaired) electrons. The maximum atomic E-state index is 12.1. The summed E-state index contributed by atoms with van der Waals surface area (Å²) >= 11 is 0. The van der Waals surface area contributed by atoms with Crippen molar-refractivity contribution in [3.05, 3.63) is 53.6 Å². The summed E-state index contributed by atoms with van der Waals surface area (Å²) in [6.45, 7) is 1.09. The van der Waals surface area contributed by atoms with Crippen LogP contribution in [0.1, 0.15) is 17.5 Å². The molecule has 124 valence electrons. The number of anilines is 1. The summed E-state index contributed by atoms with van der Waals surface area (Å²) in [6.07, 6.45) is 3.48. The van der Waals surface area contributed by atoms with Crippen LogP contribution in [0.3, 0.4) is 0 Å². The predicted molar refractivity (Wildman–Crippen MR) is 92.5 cm³/mol. The number of hydrogen-bond donors (Lipinski definition) is 3. The predicted octanol–water partition coefficient (Wildman–Crippen LogP) is 2.00. The zero-order valence-corrected chi connectivity index (χ0v) is 13.1. The van der Waals surface area contributed by atoms with E-state index < -0.39 is 0 Å². The maximum absolute atomic E-state index is 12.1. The lowest BCUT2D eigenvalue weighted by atomic mass is 10.0. The molecule has 3 rings (SSSR count). The molecule has 3 N–H and O–H groups in total. The Morgan fingerprint density at radius 1 is 1.21 bits per heavy atom. The Balaban J connectivity index is 1.58. The van der Waals surface area contributed by atoms with Gasteiger partial charge in [0.15, 0.2) is 11.5 Å². The van der Waals surface area contributed by atoms with Crippen molar-refractivity contribution >= 4 is 17.8 Å². The van der Waals surface area contributed by atoms with E-state index in [0.717, 1.165) is 25.1 Å². The lowest BCUT2D eigenvalue weighted by Crippen LogP contribution is -2.38. The molecule has 0 unspecified atom stereocenters. The highest BCUT2D eigenvalue weighted by Crippen LogP contribution is 2.26. The van der Waals surface area contributed by atoms with Crippen molar-refractivity contribution in [3.8, 4) is 11.5 Å². The molecule has 0 spiro atoms. The third-order valence-corrected chi connectivity index (χ3v) is 3.94. The molecular formula is C18H19N3O3. The van der Waals surface area contributed by atoms with Gasteiger partial charge in [-0.25, -0.2) is 5.43 Å². The fourth-order valence-electron chi connectivity index (χ4n) is 2.78. The third-order valence-electron chi connectivity index (χ3n) is 3.94. The number of benzene rings is 2. The van der Waals surface area contributed by atoms with Crippen molar-refractivity contribution in [3.63, 3.8) is 0 Å². The normalized spacial score (nSPS) is 13.8. The van der Waals surface area contributed by atoms with E-state index >= 15 is 0 Å². The van der Waals surface area contributed by atoms with Crippen molar-refractivity contribution < 1.29 is 15.0 Å². The number of hydrazone groups is 1. The van der Waals surface area contributed by atoms with E-state index in [-0.39, 0.29) is 24.0 Å². The lowest BCUT2D eigenvalue weighted by Gasteiger charge is -2.30. The van der Waals surface area contributed by atoms with Gasteiger partial charge in [-0.3, -0.25) is 4.79 Å². The van der Waals surface area contributed by atoms with Crippen LogP contribution in [0.4, 0.5) is 5.69 Å². The first-order valence-corrected chi connectivity index (χ1v) is 7.80. The van der Waals surface area contributed by atoms with Crippen LogP contribution >= 0.6 is 0 Å². The first-order valence-electron chi connectivity index (χ1n) is 7.80. The van der Waals surface area contributed by atoms with Crippen LogP contribution in [0.5, 0.6) is 11.5 Å². The number of phenolic OH excluding ortho intramolecular Hbond substituents is 2. The van der Waals surface area contributed by atoms with E-state index in [4.69, 9.17) is 0 Å². The van der Waals surface area contributed by atoms with E-state index in [1.54, 1.807) is 6.07 Å². The number of phenols is 2. The molecule has 0 saturated heterocycles. The SMILES string of the molecule is O=C(CN1CCCc2ccccc21)N/N=C/c1ccc(O)c(O)c1. The highest BCUT2D eigenvalue weighted by Gasteiger charge is 2.18. The van der Waals surface area contributed by atoms with Gasteiger partial charge in [-0.2, -0.15) is 5.10 Å². The number of aromatic hydroxyl groups is 2. The Morgan fingerprint density at radius 2 is 2.04 bits per heavy atom. The Morgan fingerprint density at radius 3 is 2.88 bits per heavy atom. The number of amides is 1. The van der Waals surface area contributed by atoms with Gasteiger partial charge in [0.1, 0.15) is 0 Å². The Bertz CT molecular complexity index is 774. The van der Waals surface area contributed by atoms with Crippen LogP contribution in [0.2, 0.25) is 0 Å². The third kappa shape index (κ3) is 3.65. The van der Waals surface area contributed by atoms with Crippen LogP contribution in [-0.4, -0.2) is 35.4 Å². The minimum atomic E-state index is -0.227. The quantitative estimate of drug-likeness (QED) is 0.456. The van der Waals surface area contributed by atoms with Gasteiger partial charge in [0.2, 0.25) is 0 Å². The molecule has 0 aliphatic carbocycles. The molecule has 24 heavy (non-hydrogen) atoms. The smallest absolute Gasteiger partial charge is 0.259 e. The first-order chi connectivity index (χ1) is 11.6. The summed E-state index contributed by atoms with van der Waals surface area (Å²) < 4.78 is 0. The second-order valence-electron chi connectivity index (χ2n) is 5.70. The summed E-state index contributed by atoms with van der Waals surface area (Å²) in [6, 6.07) is 12.4. The number of nitrogens with zero attached hydrogens (tertiary/aromatic N) is 2. The molecule has 6 heteroatoms. The molecular weight excluding hydrogens is 306 g/mol. The molecule has 0 fully saturated rings. The molecule has 1 aliphatic heterocycles. The number of aryl methyl sites for hydroxylation is 1. The average molecular weight is 325 g/mol. The van der Waals surface area contributed by atoms with Gasteiger partial charge in [0.25, 0.3) is 5.91 Å². The van der Waals surface area contributed by atoms with Crippen LogP contribution in [0, 0.1) is 0 Å². The van der Waals surface area contributed by atoms with Crippen molar-refractivity contribution in [2.45, 2.75) is 12.8 Å². The van der Waals surface area contributed by atoms with Gasteiger partial charge in [-0.15, -0.1) is 0 Å². The lowest BCUT2D eigenvalue weighted by molar-refractivity contribution is -0.119. The zero-order chi connectivity index (χ0) is 16.9. The Labute approximate surface area is 140 Å². The second-order valence-corrected chi connectivity index (χ2v) is 5.70. The van der Waals surface area contributed by atoms with Crippen molar-refractivity contribution in [2.24, 2.45) is 5.10 Å². The monoisotopic (exact) mass is 325 g/mol. The zero-order valence-electron chi connectivity index (χ0n) is 13.1. The van der Waals surface area contributed by atoms with Gasteiger partial charge >= 0.3 is 0 Å². The summed E-state index contributed by atoms with van der Waals surface area (Å²) in [4.78, 5) is 14.1. The maximum Gasteiger partial charge on any atom is 0.259 e. The second kappa shape index (κ2) is 7.04. The van der Waals surface area contributed by atoms with Crippen LogP contribution in [-0.2, 0) is 11.2 Å². The van der Waals surface area contributed by atoms with E-state index in [1.165, 1.54) is 23.9 Å². The molecule has 1 aliphatic rings. The number of nitrogens with one attached hydrogen (secondary N) is 1. The van der Waals surface area contributed by atoms with Crippen molar-refractivity contribution in [2.75, 3.05) is 18.0 Å². The van der Waals surface area contributed by atoms with Crippen LogP contribution < -0.4 is 10.3 Å². The standard InChI is InChI=1S/C18H19N3O3/c22-16-8-7-13(10-17(16)23)11-19-20-18(24)12-21-9-3-5-14-4-1-2-6-15(14)21/h1-2,4,6-8,10-11,22-23H,3,5,9,12H2,(H,20,24)/b19-11+. The van der Waals surface area contributed by atoms with E-state index in [1.807, 2.05) is 18.2 Å².